The van der Waals surface area contributed by atoms with Crippen LogP contribution < -0.4 is 4.74 Å². The Morgan fingerprint density at radius 1 is 1.27 bits per heavy atom. The largest absolute Gasteiger partial charge is 0.488 e. The minimum absolute atomic E-state index is 0.174. The van der Waals surface area contributed by atoms with E-state index in [9.17, 15) is 9.90 Å². The first-order valence-electron chi connectivity index (χ1n) is 8.58. The molecule has 1 saturated heterocycles. The molecule has 7 nitrogen and oxygen atoms in total. The van der Waals surface area contributed by atoms with Crippen LogP contribution in [0.1, 0.15) is 17.0 Å². The minimum Gasteiger partial charge on any atom is -0.488 e. The van der Waals surface area contributed by atoms with Gasteiger partial charge >= 0.3 is 0 Å². The Morgan fingerprint density at radius 2 is 2.15 bits per heavy atom. The van der Waals surface area contributed by atoms with Crippen molar-refractivity contribution in [2.24, 2.45) is 7.05 Å². The lowest BCUT2D eigenvalue weighted by atomic mass is 10.0. The zero-order valence-corrected chi connectivity index (χ0v) is 14.4. The fourth-order valence-electron chi connectivity index (χ4n) is 3.25. The van der Waals surface area contributed by atoms with Crippen molar-refractivity contribution in [3.63, 3.8) is 0 Å². The van der Waals surface area contributed by atoms with Crippen LogP contribution >= 0.6 is 0 Å². The number of rotatable bonds is 3. The number of pyridine rings is 1. The molecule has 26 heavy (non-hydrogen) atoms. The van der Waals surface area contributed by atoms with Crippen LogP contribution in [0.4, 0.5) is 0 Å². The Bertz CT molecular complexity index is 939. The van der Waals surface area contributed by atoms with Crippen LogP contribution in [0.25, 0.3) is 10.9 Å². The number of nitrogens with zero attached hydrogens (tertiary/aromatic N) is 4. The second kappa shape index (κ2) is 6.76. The van der Waals surface area contributed by atoms with Gasteiger partial charge in [0.1, 0.15) is 18.0 Å². The molecule has 1 aliphatic heterocycles. The van der Waals surface area contributed by atoms with Crippen molar-refractivity contribution in [2.45, 2.75) is 18.6 Å². The number of hydrogen-bond donors (Lipinski definition) is 1. The van der Waals surface area contributed by atoms with Crippen LogP contribution in [0.2, 0.25) is 0 Å². The molecule has 4 rings (SSSR count). The number of carbonyl (C=O) groups excluding carboxylic acids is 1. The third-order valence-corrected chi connectivity index (χ3v) is 4.68. The van der Waals surface area contributed by atoms with Crippen molar-refractivity contribution in [3.8, 4) is 5.75 Å². The molecule has 0 aliphatic carbocycles. The molecule has 7 heteroatoms. The van der Waals surface area contributed by atoms with E-state index in [2.05, 4.69) is 9.97 Å². The number of aliphatic hydroxyl groups excluding tert-OH is 1. The van der Waals surface area contributed by atoms with Crippen molar-refractivity contribution in [2.75, 3.05) is 13.1 Å². The van der Waals surface area contributed by atoms with E-state index >= 15 is 0 Å². The van der Waals surface area contributed by atoms with Crippen molar-refractivity contribution in [3.05, 3.63) is 54.7 Å². The molecule has 1 aromatic carbocycles. The summed E-state index contributed by atoms with van der Waals surface area (Å²) < 4.78 is 7.66. The molecule has 1 fully saturated rings. The number of benzene rings is 1. The number of imidazole rings is 1. The molecule has 0 bridgehead atoms. The Labute approximate surface area is 150 Å². The van der Waals surface area contributed by atoms with Gasteiger partial charge in [0.2, 0.25) is 0 Å². The number of aromatic nitrogens is 3. The Balaban J connectivity index is 1.43. The Kier molecular flexibility index (Phi) is 4.30. The fraction of sp³-hybridized carbons (Fsp3) is 0.316. The molecule has 1 amide bonds. The minimum atomic E-state index is -0.752. The monoisotopic (exact) mass is 352 g/mol. The van der Waals surface area contributed by atoms with Crippen molar-refractivity contribution >= 4 is 16.8 Å². The van der Waals surface area contributed by atoms with Gasteiger partial charge in [-0.15, -0.1) is 0 Å². The molecule has 0 unspecified atom stereocenters. The second-order valence-electron chi connectivity index (χ2n) is 6.48. The van der Waals surface area contributed by atoms with Gasteiger partial charge in [-0.05, 0) is 24.3 Å². The van der Waals surface area contributed by atoms with E-state index in [-0.39, 0.29) is 18.6 Å². The molecular formula is C19H20N4O3. The number of β-amino-alcohol motifs (C(OH)–C–C–N with tert-alkyl or cyclic N) is 1. The molecule has 3 heterocycles. The summed E-state index contributed by atoms with van der Waals surface area (Å²) >= 11 is 0. The first kappa shape index (κ1) is 16.5. The molecule has 0 saturated carbocycles. The van der Waals surface area contributed by atoms with Gasteiger partial charge in [0.15, 0.2) is 5.82 Å². The predicted molar refractivity (Wildman–Crippen MR) is 95.9 cm³/mol. The summed E-state index contributed by atoms with van der Waals surface area (Å²) in [5.41, 5.74) is 0.899. The SMILES string of the molecule is Cn1ccnc1C(=O)N1CC[C@@H](Oc2ccc3ncccc3c2)[C@H](O)C1. The number of amides is 1. The van der Waals surface area contributed by atoms with E-state index in [4.69, 9.17) is 4.74 Å². The number of hydrogen-bond acceptors (Lipinski definition) is 5. The summed E-state index contributed by atoms with van der Waals surface area (Å²) in [4.78, 5) is 22.5. The summed E-state index contributed by atoms with van der Waals surface area (Å²) in [6.07, 6.45) is 4.53. The lowest BCUT2D eigenvalue weighted by Gasteiger charge is -2.35. The maximum atomic E-state index is 12.5. The van der Waals surface area contributed by atoms with E-state index < -0.39 is 6.10 Å². The maximum Gasteiger partial charge on any atom is 0.289 e. The molecule has 1 aliphatic rings. The average Bonchev–Trinajstić information content (AvgIpc) is 3.08. The van der Waals surface area contributed by atoms with Gasteiger partial charge < -0.3 is 19.3 Å². The van der Waals surface area contributed by atoms with Gasteiger partial charge in [0, 0.05) is 44.0 Å². The van der Waals surface area contributed by atoms with Crippen LogP contribution in [-0.4, -0.2) is 55.7 Å². The van der Waals surface area contributed by atoms with Crippen LogP contribution in [0.5, 0.6) is 5.75 Å². The van der Waals surface area contributed by atoms with Gasteiger partial charge in [-0.25, -0.2) is 4.98 Å². The normalized spacial score (nSPS) is 20.3. The number of likely N-dealkylation sites (tertiary alicyclic amines) is 1. The van der Waals surface area contributed by atoms with Gasteiger partial charge in [0.05, 0.1) is 12.1 Å². The Hall–Kier alpha value is -2.93. The number of piperidine rings is 1. The number of fused-ring (bicyclic) bond motifs is 1. The third-order valence-electron chi connectivity index (χ3n) is 4.68. The van der Waals surface area contributed by atoms with Crippen molar-refractivity contribution in [1.82, 2.24) is 19.4 Å². The molecule has 0 radical (unpaired) electrons. The number of ether oxygens (including phenoxy) is 1. The highest BCUT2D eigenvalue weighted by Crippen LogP contribution is 2.23. The highest BCUT2D eigenvalue weighted by atomic mass is 16.5. The van der Waals surface area contributed by atoms with E-state index in [1.54, 1.807) is 35.1 Å². The second-order valence-corrected chi connectivity index (χ2v) is 6.48. The third kappa shape index (κ3) is 3.13. The van der Waals surface area contributed by atoms with Crippen molar-refractivity contribution in [1.29, 1.82) is 0 Å². The van der Waals surface area contributed by atoms with E-state index in [0.717, 1.165) is 10.9 Å². The molecule has 2 aromatic heterocycles. The smallest absolute Gasteiger partial charge is 0.289 e. The maximum absolute atomic E-state index is 12.5. The van der Waals surface area contributed by atoms with Gasteiger partial charge in [-0.3, -0.25) is 9.78 Å². The van der Waals surface area contributed by atoms with E-state index in [1.165, 1.54) is 0 Å². The van der Waals surface area contributed by atoms with Crippen LogP contribution in [0.3, 0.4) is 0 Å². The fourth-order valence-corrected chi connectivity index (χ4v) is 3.25. The lowest BCUT2D eigenvalue weighted by Crippen LogP contribution is -2.51. The lowest BCUT2D eigenvalue weighted by molar-refractivity contribution is -0.0202. The summed E-state index contributed by atoms with van der Waals surface area (Å²) in [5.74, 6) is 0.892. The quantitative estimate of drug-likeness (QED) is 0.775. The number of carbonyl (C=O) groups is 1. The summed E-state index contributed by atoms with van der Waals surface area (Å²) in [5, 5.41) is 11.5. The zero-order chi connectivity index (χ0) is 18.1. The molecule has 1 N–H and O–H groups in total. The van der Waals surface area contributed by atoms with E-state index in [1.807, 2.05) is 30.3 Å². The predicted octanol–water partition coefficient (Wildman–Crippen LogP) is 1.62. The Morgan fingerprint density at radius 3 is 2.92 bits per heavy atom. The van der Waals surface area contributed by atoms with Crippen molar-refractivity contribution < 1.29 is 14.6 Å². The summed E-state index contributed by atoms with van der Waals surface area (Å²) in [6.45, 7) is 0.744. The van der Waals surface area contributed by atoms with Crippen LogP contribution in [0, 0.1) is 0 Å². The van der Waals surface area contributed by atoms with Gasteiger partial charge in [-0.2, -0.15) is 0 Å². The summed E-state index contributed by atoms with van der Waals surface area (Å²) in [6, 6.07) is 9.52. The molecular weight excluding hydrogens is 332 g/mol. The molecule has 2 atom stereocenters. The van der Waals surface area contributed by atoms with Gasteiger partial charge in [0.25, 0.3) is 5.91 Å². The highest BCUT2D eigenvalue weighted by Gasteiger charge is 2.33. The first-order valence-corrected chi connectivity index (χ1v) is 8.58. The van der Waals surface area contributed by atoms with E-state index in [0.29, 0.717) is 24.5 Å². The zero-order valence-electron chi connectivity index (χ0n) is 14.4. The number of aryl methyl sites for hydroxylation is 1. The van der Waals surface area contributed by atoms with Gasteiger partial charge in [-0.1, -0.05) is 6.07 Å². The molecule has 134 valence electrons. The average molecular weight is 352 g/mol. The first-order chi connectivity index (χ1) is 12.6. The standard InChI is InChI=1S/C19H20N4O3/c1-22-10-8-21-18(22)19(25)23-9-6-17(16(24)12-23)26-14-4-5-15-13(11-14)3-2-7-20-15/h2-5,7-8,10-11,16-17,24H,6,9,12H2,1H3/t16-,17-/m1/s1. The summed E-state index contributed by atoms with van der Waals surface area (Å²) in [7, 11) is 1.78. The molecule has 0 spiro atoms. The van der Waals surface area contributed by atoms with Crippen LogP contribution in [0.15, 0.2) is 48.9 Å². The number of aliphatic hydroxyl groups is 1. The van der Waals surface area contributed by atoms with Crippen LogP contribution in [-0.2, 0) is 7.05 Å². The molecule has 3 aromatic rings. The topological polar surface area (TPSA) is 80.5 Å². The highest BCUT2D eigenvalue weighted by molar-refractivity contribution is 5.91.